The van der Waals surface area contributed by atoms with E-state index in [9.17, 15) is 18.0 Å². The van der Waals surface area contributed by atoms with Crippen LogP contribution in [0.25, 0.3) is 0 Å². The molecule has 3 rings (SSSR count). The van der Waals surface area contributed by atoms with Gasteiger partial charge < -0.3 is 10.2 Å². The topological polar surface area (TPSA) is 32.3 Å². The van der Waals surface area contributed by atoms with E-state index in [1.165, 1.54) is 17.8 Å². The first-order valence-electron chi connectivity index (χ1n) is 7.47. The van der Waals surface area contributed by atoms with Crippen molar-refractivity contribution in [2.24, 2.45) is 0 Å². The normalized spacial score (nSPS) is 17.6. The Labute approximate surface area is 155 Å². The number of para-hydroxylation sites is 1. The molecule has 1 unspecified atom stereocenters. The lowest BCUT2D eigenvalue weighted by molar-refractivity contribution is -0.137. The van der Waals surface area contributed by atoms with Crippen LogP contribution in [0.3, 0.4) is 0 Å². The zero-order valence-corrected chi connectivity index (χ0v) is 15.3. The average molecular weight is 431 g/mol. The van der Waals surface area contributed by atoms with Gasteiger partial charge in [-0.1, -0.05) is 24.3 Å². The molecule has 1 fully saturated rings. The Balaban J connectivity index is 1.81. The number of urea groups is 1. The maximum absolute atomic E-state index is 12.9. The molecule has 0 spiro atoms. The van der Waals surface area contributed by atoms with Crippen LogP contribution in [-0.2, 0) is 6.18 Å². The minimum absolute atomic E-state index is 0.334. The largest absolute Gasteiger partial charge is 0.416 e. The van der Waals surface area contributed by atoms with Crippen LogP contribution in [0.15, 0.2) is 53.0 Å². The second-order valence-corrected chi connectivity index (χ2v) is 7.49. The van der Waals surface area contributed by atoms with Crippen molar-refractivity contribution in [3.8, 4) is 0 Å². The minimum atomic E-state index is -4.40. The van der Waals surface area contributed by atoms with E-state index in [4.69, 9.17) is 0 Å². The molecular formula is C17H14BrF3N2OS. The van der Waals surface area contributed by atoms with Gasteiger partial charge in [0.25, 0.3) is 0 Å². The number of halogens is 4. The molecule has 0 aliphatic carbocycles. The second kappa shape index (κ2) is 7.29. The molecule has 1 atom stereocenters. The van der Waals surface area contributed by atoms with E-state index < -0.39 is 17.1 Å². The van der Waals surface area contributed by atoms with Crippen molar-refractivity contribution in [3.05, 3.63) is 64.1 Å². The van der Waals surface area contributed by atoms with Gasteiger partial charge in [0.1, 0.15) is 5.37 Å². The average Bonchev–Trinajstić information content (AvgIpc) is 3.06. The lowest BCUT2D eigenvalue weighted by Gasteiger charge is -2.25. The van der Waals surface area contributed by atoms with E-state index in [0.29, 0.717) is 23.5 Å². The van der Waals surface area contributed by atoms with Crippen LogP contribution in [0.5, 0.6) is 0 Å². The predicted molar refractivity (Wildman–Crippen MR) is 96.5 cm³/mol. The summed E-state index contributed by atoms with van der Waals surface area (Å²) in [5.74, 6) is 0.671. The Morgan fingerprint density at radius 1 is 1.20 bits per heavy atom. The van der Waals surface area contributed by atoms with Gasteiger partial charge in [0.2, 0.25) is 0 Å². The van der Waals surface area contributed by atoms with E-state index in [-0.39, 0.29) is 6.03 Å². The number of nitrogens with zero attached hydrogens (tertiary/aromatic N) is 1. The summed E-state index contributed by atoms with van der Waals surface area (Å²) in [5.41, 5.74) is 0.385. The summed E-state index contributed by atoms with van der Waals surface area (Å²) < 4.78 is 39.6. The van der Waals surface area contributed by atoms with E-state index >= 15 is 0 Å². The zero-order valence-electron chi connectivity index (χ0n) is 12.9. The number of hydrogen-bond donors (Lipinski definition) is 1. The maximum Gasteiger partial charge on any atom is 0.416 e. The van der Waals surface area contributed by atoms with Crippen LogP contribution in [0, 0.1) is 0 Å². The molecule has 0 aromatic heterocycles. The third-order valence-electron chi connectivity index (χ3n) is 3.77. The van der Waals surface area contributed by atoms with Crippen LogP contribution in [0.2, 0.25) is 0 Å². The summed E-state index contributed by atoms with van der Waals surface area (Å²) in [7, 11) is 0. The Hall–Kier alpha value is -1.67. The van der Waals surface area contributed by atoms with Gasteiger partial charge in [-0.15, -0.1) is 11.8 Å². The van der Waals surface area contributed by atoms with Crippen molar-refractivity contribution in [1.82, 2.24) is 4.90 Å². The van der Waals surface area contributed by atoms with Crippen molar-refractivity contribution >= 4 is 39.4 Å². The molecule has 8 heteroatoms. The SMILES string of the molecule is O=C(Nc1ccccc1Br)N1CCSC1c1cccc(C(F)(F)F)c1. The third-order valence-corrected chi connectivity index (χ3v) is 5.72. The smallest absolute Gasteiger partial charge is 0.308 e. The summed E-state index contributed by atoms with van der Waals surface area (Å²) in [4.78, 5) is 14.1. The summed E-state index contributed by atoms with van der Waals surface area (Å²) in [6, 6.07) is 12.0. The summed E-state index contributed by atoms with van der Waals surface area (Å²) in [5, 5.41) is 2.36. The molecule has 2 amide bonds. The van der Waals surface area contributed by atoms with Crippen LogP contribution in [-0.4, -0.2) is 23.2 Å². The van der Waals surface area contributed by atoms with Crippen LogP contribution in [0.4, 0.5) is 23.7 Å². The molecule has 3 nitrogen and oxygen atoms in total. The quantitative estimate of drug-likeness (QED) is 0.657. The summed E-state index contributed by atoms with van der Waals surface area (Å²) >= 11 is 4.81. The number of amides is 2. The van der Waals surface area contributed by atoms with Gasteiger partial charge in [0.15, 0.2) is 0 Å². The lowest BCUT2D eigenvalue weighted by Crippen LogP contribution is -2.34. The monoisotopic (exact) mass is 430 g/mol. The van der Waals surface area contributed by atoms with Gasteiger partial charge in [-0.05, 0) is 45.8 Å². The zero-order chi connectivity index (χ0) is 18.0. The summed E-state index contributed by atoms with van der Waals surface area (Å²) in [6.07, 6.45) is -4.40. The molecule has 1 heterocycles. The van der Waals surface area contributed by atoms with Crippen LogP contribution in [0.1, 0.15) is 16.5 Å². The molecule has 0 radical (unpaired) electrons. The third kappa shape index (κ3) is 4.12. The number of hydrogen-bond acceptors (Lipinski definition) is 2. The van der Waals surface area contributed by atoms with Crippen molar-refractivity contribution in [1.29, 1.82) is 0 Å². The van der Waals surface area contributed by atoms with E-state index in [2.05, 4.69) is 21.2 Å². The Morgan fingerprint density at radius 2 is 1.96 bits per heavy atom. The van der Waals surface area contributed by atoms with Gasteiger partial charge in [-0.2, -0.15) is 13.2 Å². The van der Waals surface area contributed by atoms with E-state index in [0.717, 1.165) is 16.6 Å². The number of carbonyl (C=O) groups excluding carboxylic acids is 1. The molecule has 25 heavy (non-hydrogen) atoms. The van der Waals surface area contributed by atoms with Crippen molar-refractivity contribution in [3.63, 3.8) is 0 Å². The fourth-order valence-electron chi connectivity index (χ4n) is 2.57. The number of nitrogens with one attached hydrogen (secondary N) is 1. The molecule has 1 aliphatic rings. The Morgan fingerprint density at radius 3 is 2.68 bits per heavy atom. The van der Waals surface area contributed by atoms with Crippen LogP contribution < -0.4 is 5.32 Å². The number of carbonyl (C=O) groups is 1. The first-order valence-corrected chi connectivity index (χ1v) is 9.31. The standard InChI is InChI=1S/C17H14BrF3N2OS/c18-13-6-1-2-7-14(13)22-16(24)23-8-9-25-15(23)11-4-3-5-12(10-11)17(19,20)21/h1-7,10,15H,8-9H2,(H,22,24). The first kappa shape index (κ1) is 18.1. The van der Waals surface area contributed by atoms with Gasteiger partial charge in [0.05, 0.1) is 11.3 Å². The fourth-order valence-corrected chi connectivity index (χ4v) is 4.20. The molecule has 2 aromatic carbocycles. The maximum atomic E-state index is 12.9. The molecule has 132 valence electrons. The van der Waals surface area contributed by atoms with Crippen molar-refractivity contribution in [2.75, 3.05) is 17.6 Å². The molecular weight excluding hydrogens is 417 g/mol. The van der Waals surface area contributed by atoms with E-state index in [1.807, 2.05) is 6.07 Å². The number of thioether (sulfide) groups is 1. The number of alkyl halides is 3. The van der Waals surface area contributed by atoms with Crippen LogP contribution >= 0.6 is 27.7 Å². The van der Waals surface area contributed by atoms with Crippen molar-refractivity contribution < 1.29 is 18.0 Å². The van der Waals surface area contributed by atoms with Crippen molar-refractivity contribution in [2.45, 2.75) is 11.6 Å². The van der Waals surface area contributed by atoms with E-state index in [1.54, 1.807) is 29.2 Å². The highest BCUT2D eigenvalue weighted by atomic mass is 79.9. The highest BCUT2D eigenvalue weighted by Gasteiger charge is 2.34. The number of rotatable bonds is 2. The molecule has 1 N–H and O–H groups in total. The van der Waals surface area contributed by atoms with Gasteiger partial charge >= 0.3 is 12.2 Å². The predicted octanol–water partition coefficient (Wildman–Crippen LogP) is 5.75. The Bertz CT molecular complexity index is 784. The molecule has 1 aliphatic heterocycles. The highest BCUT2D eigenvalue weighted by Crippen LogP contribution is 2.40. The lowest BCUT2D eigenvalue weighted by atomic mass is 10.1. The number of anilines is 1. The fraction of sp³-hybridized carbons (Fsp3) is 0.235. The van der Waals surface area contributed by atoms with Gasteiger partial charge in [-0.3, -0.25) is 0 Å². The molecule has 2 aromatic rings. The highest BCUT2D eigenvalue weighted by molar-refractivity contribution is 9.10. The molecule has 0 bridgehead atoms. The molecule has 0 saturated carbocycles. The minimum Gasteiger partial charge on any atom is -0.308 e. The Kier molecular flexibility index (Phi) is 5.29. The van der Waals surface area contributed by atoms with Gasteiger partial charge in [0, 0.05) is 16.8 Å². The van der Waals surface area contributed by atoms with Gasteiger partial charge in [-0.25, -0.2) is 4.79 Å². The number of benzene rings is 2. The molecule has 1 saturated heterocycles. The second-order valence-electron chi connectivity index (χ2n) is 5.45. The first-order chi connectivity index (χ1) is 11.9. The summed E-state index contributed by atoms with van der Waals surface area (Å²) in [6.45, 7) is 0.474.